The zero-order valence-electron chi connectivity index (χ0n) is 11.7. The molecule has 0 aliphatic carbocycles. The van der Waals surface area contributed by atoms with E-state index < -0.39 is 17.9 Å². The Bertz CT molecular complexity index is 373. The Morgan fingerprint density at radius 3 is 2.70 bits per heavy atom. The Balaban J connectivity index is 2.52. The van der Waals surface area contributed by atoms with E-state index in [-0.39, 0.29) is 24.8 Å². The highest BCUT2D eigenvalue weighted by atomic mass is 16.4. The highest BCUT2D eigenvalue weighted by molar-refractivity contribution is 5.87. The van der Waals surface area contributed by atoms with Gasteiger partial charge in [-0.15, -0.1) is 0 Å². The second kappa shape index (κ2) is 7.84. The first-order valence-electron chi connectivity index (χ1n) is 6.98. The molecule has 1 aliphatic heterocycles. The van der Waals surface area contributed by atoms with Gasteiger partial charge >= 0.3 is 5.97 Å². The summed E-state index contributed by atoms with van der Waals surface area (Å²) >= 11 is 0. The van der Waals surface area contributed by atoms with Crippen molar-refractivity contribution in [2.45, 2.75) is 51.1 Å². The maximum Gasteiger partial charge on any atom is 0.326 e. The van der Waals surface area contributed by atoms with Crippen LogP contribution >= 0.6 is 0 Å². The Morgan fingerprint density at radius 1 is 1.45 bits per heavy atom. The molecule has 0 aromatic carbocycles. The molecule has 0 aromatic rings. The van der Waals surface area contributed by atoms with Gasteiger partial charge in [0.25, 0.3) is 0 Å². The molecule has 0 saturated carbocycles. The van der Waals surface area contributed by atoms with E-state index in [2.05, 4.69) is 17.6 Å². The molecular formula is C13H23N3O4. The molecule has 0 spiro atoms. The molecule has 0 aromatic heterocycles. The molecular weight excluding hydrogens is 262 g/mol. The molecule has 0 radical (unpaired) electrons. The molecule has 2 unspecified atom stereocenters. The summed E-state index contributed by atoms with van der Waals surface area (Å²) in [5, 5.41) is 14.6. The van der Waals surface area contributed by atoms with Gasteiger partial charge in [0, 0.05) is 6.42 Å². The summed E-state index contributed by atoms with van der Waals surface area (Å²) in [5.41, 5.74) is 4.99. The number of carbonyl (C=O) groups is 3. The Labute approximate surface area is 118 Å². The summed E-state index contributed by atoms with van der Waals surface area (Å²) in [6.45, 7) is 2.84. The minimum Gasteiger partial charge on any atom is -0.480 e. The first-order chi connectivity index (χ1) is 9.43. The number of hydrogen-bond acceptors (Lipinski definition) is 4. The fourth-order valence-corrected chi connectivity index (χ4v) is 2.38. The van der Waals surface area contributed by atoms with Crippen molar-refractivity contribution < 1.29 is 19.5 Å². The minimum absolute atomic E-state index is 0.0142. The zero-order valence-corrected chi connectivity index (χ0v) is 11.7. The number of amides is 2. The van der Waals surface area contributed by atoms with E-state index in [4.69, 9.17) is 10.8 Å². The number of carboxylic acid groups (broad SMARTS) is 1. The van der Waals surface area contributed by atoms with Crippen LogP contribution in [0, 0.1) is 5.92 Å². The van der Waals surface area contributed by atoms with Crippen LogP contribution in [-0.2, 0) is 14.4 Å². The van der Waals surface area contributed by atoms with E-state index in [1.807, 2.05) is 0 Å². The van der Waals surface area contributed by atoms with Crippen LogP contribution in [0.2, 0.25) is 0 Å². The first-order valence-corrected chi connectivity index (χ1v) is 6.98. The summed E-state index contributed by atoms with van der Waals surface area (Å²) in [7, 11) is 0. The van der Waals surface area contributed by atoms with Crippen LogP contribution in [0.4, 0.5) is 0 Å². The molecule has 3 atom stereocenters. The van der Waals surface area contributed by atoms with Gasteiger partial charge in [-0.2, -0.15) is 0 Å². The van der Waals surface area contributed by atoms with Crippen LogP contribution in [0.15, 0.2) is 0 Å². The molecule has 1 heterocycles. The van der Waals surface area contributed by atoms with Gasteiger partial charge in [0.15, 0.2) is 0 Å². The molecule has 7 heteroatoms. The first kappa shape index (κ1) is 16.4. The fourth-order valence-electron chi connectivity index (χ4n) is 2.38. The van der Waals surface area contributed by atoms with Gasteiger partial charge in [0.2, 0.25) is 11.8 Å². The molecule has 7 nitrogen and oxygen atoms in total. The van der Waals surface area contributed by atoms with Gasteiger partial charge in [-0.1, -0.05) is 13.3 Å². The number of nitrogens with two attached hydrogens (primary N) is 1. The molecule has 1 fully saturated rings. The summed E-state index contributed by atoms with van der Waals surface area (Å²) in [6, 6.07) is -1.43. The predicted molar refractivity (Wildman–Crippen MR) is 72.8 cm³/mol. The summed E-state index contributed by atoms with van der Waals surface area (Å²) in [5.74, 6) is -1.56. The van der Waals surface area contributed by atoms with Gasteiger partial charge in [0.05, 0.1) is 6.04 Å². The average Bonchev–Trinajstić information content (AvgIpc) is 2.42. The molecule has 114 valence electrons. The van der Waals surface area contributed by atoms with Crippen LogP contribution < -0.4 is 16.4 Å². The Hall–Kier alpha value is -1.63. The predicted octanol–water partition coefficient (Wildman–Crippen LogP) is -0.400. The van der Waals surface area contributed by atoms with Crippen molar-refractivity contribution in [3.63, 3.8) is 0 Å². The quantitative estimate of drug-likeness (QED) is 0.507. The maximum absolute atomic E-state index is 12.1. The lowest BCUT2D eigenvalue weighted by molar-refractivity contribution is -0.142. The third-order valence-corrected chi connectivity index (χ3v) is 3.70. The van der Waals surface area contributed by atoms with Gasteiger partial charge in [0.1, 0.15) is 6.04 Å². The third kappa shape index (κ3) is 5.16. The molecule has 1 saturated heterocycles. The minimum atomic E-state index is -1.15. The fraction of sp³-hybridized carbons (Fsp3) is 0.769. The topological polar surface area (TPSA) is 122 Å². The largest absolute Gasteiger partial charge is 0.480 e. The van der Waals surface area contributed by atoms with Crippen LogP contribution in [0.25, 0.3) is 0 Å². The number of nitrogens with one attached hydrogen (secondary N) is 2. The SMILES string of the molecule is CCC1CCNC(C(=O)N[C@@H](CCC(N)=O)C(=O)O)C1. The van der Waals surface area contributed by atoms with E-state index in [9.17, 15) is 14.4 Å². The van der Waals surface area contributed by atoms with Crippen LogP contribution in [0.5, 0.6) is 0 Å². The van der Waals surface area contributed by atoms with Gasteiger partial charge in [-0.3, -0.25) is 9.59 Å². The number of carbonyl (C=O) groups excluding carboxylic acids is 2. The van der Waals surface area contributed by atoms with Crippen molar-refractivity contribution in [2.75, 3.05) is 6.54 Å². The number of aliphatic carboxylic acids is 1. The molecule has 1 aliphatic rings. The van der Waals surface area contributed by atoms with E-state index >= 15 is 0 Å². The van der Waals surface area contributed by atoms with Gasteiger partial charge in [-0.05, 0) is 31.7 Å². The highest BCUT2D eigenvalue weighted by Crippen LogP contribution is 2.19. The van der Waals surface area contributed by atoms with Crippen molar-refractivity contribution in [3.8, 4) is 0 Å². The Morgan fingerprint density at radius 2 is 2.15 bits per heavy atom. The second-order valence-electron chi connectivity index (χ2n) is 5.21. The van der Waals surface area contributed by atoms with E-state index in [1.54, 1.807) is 0 Å². The lowest BCUT2D eigenvalue weighted by atomic mass is 9.90. The smallest absolute Gasteiger partial charge is 0.326 e. The lowest BCUT2D eigenvalue weighted by Crippen LogP contribution is -2.53. The lowest BCUT2D eigenvalue weighted by Gasteiger charge is -2.29. The van der Waals surface area contributed by atoms with Crippen LogP contribution in [-0.4, -0.2) is 41.5 Å². The van der Waals surface area contributed by atoms with Crippen LogP contribution in [0.3, 0.4) is 0 Å². The summed E-state index contributed by atoms with van der Waals surface area (Å²) in [4.78, 5) is 33.8. The van der Waals surface area contributed by atoms with Crippen molar-refractivity contribution >= 4 is 17.8 Å². The average molecular weight is 285 g/mol. The summed E-state index contributed by atoms with van der Waals surface area (Å²) < 4.78 is 0. The number of primary amides is 1. The zero-order chi connectivity index (χ0) is 15.1. The normalized spacial score (nSPS) is 23.9. The number of carboxylic acids is 1. The number of hydrogen-bond donors (Lipinski definition) is 4. The molecule has 1 rings (SSSR count). The van der Waals surface area contributed by atoms with Crippen molar-refractivity contribution in [1.82, 2.24) is 10.6 Å². The van der Waals surface area contributed by atoms with E-state index in [0.717, 1.165) is 19.4 Å². The van der Waals surface area contributed by atoms with E-state index in [1.165, 1.54) is 0 Å². The maximum atomic E-state index is 12.1. The monoisotopic (exact) mass is 285 g/mol. The van der Waals surface area contributed by atoms with Crippen molar-refractivity contribution in [3.05, 3.63) is 0 Å². The van der Waals surface area contributed by atoms with Gasteiger partial charge < -0.3 is 21.5 Å². The molecule has 5 N–H and O–H groups in total. The standard InChI is InChI=1S/C13H23N3O4/c1-2-8-5-6-15-10(7-8)12(18)16-9(13(19)20)3-4-11(14)17/h8-10,15H,2-7H2,1H3,(H2,14,17)(H,16,18)(H,19,20)/t8?,9-,10?/m0/s1. The van der Waals surface area contributed by atoms with Gasteiger partial charge in [-0.25, -0.2) is 4.79 Å². The van der Waals surface area contributed by atoms with Crippen molar-refractivity contribution in [1.29, 1.82) is 0 Å². The number of piperidine rings is 1. The third-order valence-electron chi connectivity index (χ3n) is 3.70. The number of rotatable bonds is 7. The Kier molecular flexibility index (Phi) is 6.44. The van der Waals surface area contributed by atoms with Crippen LogP contribution in [0.1, 0.15) is 39.0 Å². The molecule has 2 amide bonds. The van der Waals surface area contributed by atoms with E-state index in [0.29, 0.717) is 12.3 Å². The molecule has 20 heavy (non-hydrogen) atoms. The molecule has 0 bridgehead atoms. The summed E-state index contributed by atoms with van der Waals surface area (Å²) in [6.07, 6.45) is 2.71. The highest BCUT2D eigenvalue weighted by Gasteiger charge is 2.29. The van der Waals surface area contributed by atoms with Crippen molar-refractivity contribution in [2.24, 2.45) is 11.7 Å². The second-order valence-corrected chi connectivity index (χ2v) is 5.21.